The van der Waals surface area contributed by atoms with E-state index in [0.717, 1.165) is 31.1 Å². The summed E-state index contributed by atoms with van der Waals surface area (Å²) < 4.78 is 18.5. The van der Waals surface area contributed by atoms with E-state index in [0.29, 0.717) is 5.92 Å². The van der Waals surface area contributed by atoms with Crippen molar-refractivity contribution in [1.29, 1.82) is 0 Å². The van der Waals surface area contributed by atoms with E-state index in [9.17, 15) is 4.39 Å². The molecule has 1 saturated heterocycles. The van der Waals surface area contributed by atoms with Crippen molar-refractivity contribution in [3.8, 4) is 5.75 Å². The summed E-state index contributed by atoms with van der Waals surface area (Å²) in [5, 5.41) is 3.34. The molecule has 4 heteroatoms. The van der Waals surface area contributed by atoms with Crippen molar-refractivity contribution < 1.29 is 9.13 Å². The summed E-state index contributed by atoms with van der Waals surface area (Å²) in [6, 6.07) is 4.63. The molecule has 1 aromatic rings. The fraction of sp³-hybridized carbons (Fsp3) is 0.538. The molecule has 3 nitrogen and oxygen atoms in total. The second kappa shape index (κ2) is 5.36. The molecule has 0 amide bonds. The zero-order valence-corrected chi connectivity index (χ0v) is 10.4. The third kappa shape index (κ3) is 2.88. The summed E-state index contributed by atoms with van der Waals surface area (Å²) in [4.78, 5) is 2.07. The van der Waals surface area contributed by atoms with Gasteiger partial charge in [-0.05, 0) is 37.6 Å². The highest BCUT2D eigenvalue weighted by molar-refractivity contribution is 5.58. The maximum atomic E-state index is 13.3. The van der Waals surface area contributed by atoms with Gasteiger partial charge in [-0.3, -0.25) is 0 Å². The Morgan fingerprint density at radius 2 is 2.35 bits per heavy atom. The molecule has 0 spiro atoms. The zero-order chi connectivity index (χ0) is 12.3. The van der Waals surface area contributed by atoms with Gasteiger partial charge >= 0.3 is 0 Å². The van der Waals surface area contributed by atoms with Gasteiger partial charge in [-0.15, -0.1) is 0 Å². The lowest BCUT2D eigenvalue weighted by atomic mass is 10.1. The van der Waals surface area contributed by atoms with E-state index >= 15 is 0 Å². The van der Waals surface area contributed by atoms with Crippen LogP contribution in [0, 0.1) is 11.7 Å². The Balaban J connectivity index is 2.11. The summed E-state index contributed by atoms with van der Waals surface area (Å²) in [7, 11) is 3.59. The van der Waals surface area contributed by atoms with Gasteiger partial charge < -0.3 is 15.0 Å². The number of rotatable bonds is 4. The molecule has 94 valence electrons. The molecule has 1 atom stereocenters. The lowest BCUT2D eigenvalue weighted by molar-refractivity contribution is 0.412. The quantitative estimate of drug-likeness (QED) is 0.866. The van der Waals surface area contributed by atoms with Crippen LogP contribution in [-0.2, 0) is 0 Å². The minimum absolute atomic E-state index is 0.225. The van der Waals surface area contributed by atoms with Crippen LogP contribution in [0.5, 0.6) is 5.75 Å². The van der Waals surface area contributed by atoms with Gasteiger partial charge in [0.1, 0.15) is 11.6 Å². The molecule has 1 aliphatic rings. The summed E-state index contributed by atoms with van der Waals surface area (Å²) in [5.41, 5.74) is 0.819. The van der Waals surface area contributed by atoms with Gasteiger partial charge in [0.05, 0.1) is 12.8 Å². The minimum atomic E-state index is -0.225. The number of nitrogens with one attached hydrogen (secondary N) is 1. The van der Waals surface area contributed by atoms with Gasteiger partial charge in [0.25, 0.3) is 0 Å². The summed E-state index contributed by atoms with van der Waals surface area (Å²) in [6.07, 6.45) is 1.18. The molecule has 0 saturated carbocycles. The van der Waals surface area contributed by atoms with Crippen molar-refractivity contribution in [3.05, 3.63) is 24.0 Å². The van der Waals surface area contributed by atoms with E-state index in [2.05, 4.69) is 10.2 Å². The van der Waals surface area contributed by atoms with Crippen molar-refractivity contribution in [2.45, 2.75) is 6.42 Å². The van der Waals surface area contributed by atoms with Crippen LogP contribution in [0.15, 0.2) is 18.2 Å². The molecule has 0 radical (unpaired) electrons. The molecule has 1 aromatic carbocycles. The Kier molecular flexibility index (Phi) is 3.84. The summed E-state index contributed by atoms with van der Waals surface area (Å²) in [5.74, 6) is 1.13. The number of nitrogens with zero attached hydrogens (tertiary/aromatic N) is 1. The van der Waals surface area contributed by atoms with E-state index in [4.69, 9.17) is 4.74 Å². The highest BCUT2D eigenvalue weighted by Gasteiger charge is 2.18. The highest BCUT2D eigenvalue weighted by atomic mass is 19.1. The normalized spacial score (nSPS) is 19.4. The number of hydrogen-bond acceptors (Lipinski definition) is 3. The van der Waals surface area contributed by atoms with Crippen molar-refractivity contribution in [3.63, 3.8) is 0 Å². The van der Waals surface area contributed by atoms with Gasteiger partial charge in [-0.2, -0.15) is 0 Å². The predicted molar refractivity (Wildman–Crippen MR) is 67.2 cm³/mol. The van der Waals surface area contributed by atoms with Crippen molar-refractivity contribution >= 4 is 5.69 Å². The molecule has 2 rings (SSSR count). The van der Waals surface area contributed by atoms with E-state index in [1.807, 2.05) is 7.05 Å². The van der Waals surface area contributed by atoms with Crippen LogP contribution in [-0.4, -0.2) is 33.8 Å². The standard InChI is InChI=1S/C13H19FN2O/c1-16(9-10-5-6-15-8-10)12-7-11(14)3-4-13(12)17-2/h3-4,7,10,15H,5-6,8-9H2,1-2H3. The molecule has 1 unspecified atom stereocenters. The van der Waals surface area contributed by atoms with Crippen molar-refractivity contribution in [2.24, 2.45) is 5.92 Å². The van der Waals surface area contributed by atoms with Crippen LogP contribution in [0.4, 0.5) is 10.1 Å². The van der Waals surface area contributed by atoms with Crippen molar-refractivity contribution in [2.75, 3.05) is 38.7 Å². The smallest absolute Gasteiger partial charge is 0.142 e. The second-order valence-electron chi connectivity index (χ2n) is 4.56. The first-order valence-electron chi connectivity index (χ1n) is 5.96. The number of methoxy groups -OCH3 is 1. The largest absolute Gasteiger partial charge is 0.495 e. The number of halogens is 1. The second-order valence-corrected chi connectivity index (χ2v) is 4.56. The lowest BCUT2D eigenvalue weighted by Gasteiger charge is -2.24. The summed E-state index contributed by atoms with van der Waals surface area (Å²) >= 11 is 0. The molecular formula is C13H19FN2O. The SMILES string of the molecule is COc1ccc(F)cc1N(C)CC1CCNC1. The maximum Gasteiger partial charge on any atom is 0.142 e. The summed E-state index contributed by atoms with van der Waals surface area (Å²) in [6.45, 7) is 3.05. The third-order valence-corrected chi connectivity index (χ3v) is 3.25. The molecule has 0 bridgehead atoms. The molecular weight excluding hydrogens is 219 g/mol. The highest BCUT2D eigenvalue weighted by Crippen LogP contribution is 2.29. The molecule has 0 aromatic heterocycles. The van der Waals surface area contributed by atoms with Gasteiger partial charge in [0, 0.05) is 19.7 Å². The molecule has 17 heavy (non-hydrogen) atoms. The van der Waals surface area contributed by atoms with Gasteiger partial charge in [0.2, 0.25) is 0 Å². The van der Waals surface area contributed by atoms with Crippen molar-refractivity contribution in [1.82, 2.24) is 5.32 Å². The molecule has 1 heterocycles. The molecule has 0 aliphatic carbocycles. The monoisotopic (exact) mass is 238 g/mol. The van der Waals surface area contributed by atoms with Crippen LogP contribution < -0.4 is 15.0 Å². The Morgan fingerprint density at radius 3 is 3.00 bits per heavy atom. The lowest BCUT2D eigenvalue weighted by Crippen LogP contribution is -2.27. The Labute approximate surface area is 102 Å². The fourth-order valence-electron chi connectivity index (χ4n) is 2.32. The maximum absolute atomic E-state index is 13.3. The van der Waals surface area contributed by atoms with E-state index in [1.165, 1.54) is 18.6 Å². The van der Waals surface area contributed by atoms with Crippen LogP contribution in [0.25, 0.3) is 0 Å². The topological polar surface area (TPSA) is 24.5 Å². The van der Waals surface area contributed by atoms with Crippen LogP contribution in [0.3, 0.4) is 0 Å². The molecule has 1 aliphatic heterocycles. The zero-order valence-electron chi connectivity index (χ0n) is 10.4. The first-order valence-corrected chi connectivity index (χ1v) is 5.96. The van der Waals surface area contributed by atoms with E-state index in [-0.39, 0.29) is 5.82 Å². The number of hydrogen-bond donors (Lipinski definition) is 1. The first kappa shape index (κ1) is 12.2. The van der Waals surface area contributed by atoms with Crippen LogP contribution in [0.2, 0.25) is 0 Å². The number of benzene rings is 1. The van der Waals surface area contributed by atoms with Crippen LogP contribution in [0.1, 0.15) is 6.42 Å². The average molecular weight is 238 g/mol. The van der Waals surface area contributed by atoms with Gasteiger partial charge in [-0.1, -0.05) is 0 Å². The minimum Gasteiger partial charge on any atom is -0.495 e. The van der Waals surface area contributed by atoms with Gasteiger partial charge in [-0.25, -0.2) is 4.39 Å². The third-order valence-electron chi connectivity index (χ3n) is 3.25. The Bertz CT molecular complexity index is 378. The Hall–Kier alpha value is -1.29. The number of anilines is 1. The Morgan fingerprint density at radius 1 is 1.53 bits per heavy atom. The number of ether oxygens (including phenoxy) is 1. The predicted octanol–water partition coefficient (Wildman–Crippen LogP) is 1.88. The first-order chi connectivity index (χ1) is 8.20. The van der Waals surface area contributed by atoms with Crippen LogP contribution >= 0.6 is 0 Å². The van der Waals surface area contributed by atoms with Gasteiger partial charge in [0.15, 0.2) is 0 Å². The fourth-order valence-corrected chi connectivity index (χ4v) is 2.32. The van der Waals surface area contributed by atoms with E-state index in [1.54, 1.807) is 13.2 Å². The molecule has 1 N–H and O–H groups in total. The molecule has 1 fully saturated rings. The average Bonchev–Trinajstić information content (AvgIpc) is 2.81. The van der Waals surface area contributed by atoms with E-state index < -0.39 is 0 Å².